The van der Waals surface area contributed by atoms with E-state index in [-0.39, 0.29) is 0 Å². The Morgan fingerprint density at radius 3 is 1.27 bits per heavy atom. The predicted molar refractivity (Wildman–Crippen MR) is 198 cm³/mol. The van der Waals surface area contributed by atoms with Gasteiger partial charge in [-0.2, -0.15) is 0 Å². The van der Waals surface area contributed by atoms with E-state index in [0.717, 1.165) is 11.1 Å². The van der Waals surface area contributed by atoms with Gasteiger partial charge in [-0.1, -0.05) is 159 Å². The quantitative estimate of drug-likeness (QED) is 0.180. The molecule has 212 valence electrons. The largest absolute Gasteiger partial charge is 0.0984 e. The normalized spacial score (nSPS) is 11.4. The second-order valence-electron chi connectivity index (χ2n) is 11.8. The zero-order chi connectivity index (χ0) is 30.5. The van der Waals surface area contributed by atoms with Gasteiger partial charge in [-0.3, -0.25) is 0 Å². The molecular weight excluding hydrogens is 540 g/mol. The molecule has 0 atom stereocenters. The van der Waals surface area contributed by atoms with Gasteiger partial charge in [-0.05, 0) is 106 Å². The Morgan fingerprint density at radius 2 is 0.756 bits per heavy atom. The van der Waals surface area contributed by atoms with Gasteiger partial charge in [0.05, 0.1) is 0 Å². The van der Waals surface area contributed by atoms with Crippen LogP contribution in [0, 0.1) is 6.92 Å². The molecule has 0 radical (unpaired) electrons. The van der Waals surface area contributed by atoms with Crippen molar-refractivity contribution in [2.75, 3.05) is 0 Å². The van der Waals surface area contributed by atoms with Gasteiger partial charge in [0.2, 0.25) is 0 Å². The summed E-state index contributed by atoms with van der Waals surface area (Å²) in [6.07, 6.45) is 3.99. The summed E-state index contributed by atoms with van der Waals surface area (Å²) >= 11 is 0. The molecule has 0 aromatic heterocycles. The SMILES string of the molecule is C=Cc1c(C=C)c(-c2ccc3ccccc3c2)c2ccccc2c1-c1ccc(-c2c3ccccc3c(C)c3ccccc23)cc1. The summed E-state index contributed by atoms with van der Waals surface area (Å²) in [5, 5.41) is 10.1. The first-order chi connectivity index (χ1) is 22.2. The van der Waals surface area contributed by atoms with E-state index in [2.05, 4.69) is 160 Å². The summed E-state index contributed by atoms with van der Waals surface area (Å²) in [6, 6.07) is 50.7. The van der Waals surface area contributed by atoms with Crippen LogP contribution < -0.4 is 0 Å². The second-order valence-corrected chi connectivity index (χ2v) is 11.8. The van der Waals surface area contributed by atoms with E-state index >= 15 is 0 Å². The van der Waals surface area contributed by atoms with Crippen LogP contribution in [0.5, 0.6) is 0 Å². The third-order valence-electron chi connectivity index (χ3n) is 9.40. The molecule has 0 saturated heterocycles. The Hall–Kier alpha value is -5.72. The molecule has 0 aliphatic carbocycles. The molecule has 0 amide bonds. The summed E-state index contributed by atoms with van der Waals surface area (Å²) in [7, 11) is 0. The van der Waals surface area contributed by atoms with Gasteiger partial charge in [0.15, 0.2) is 0 Å². The van der Waals surface area contributed by atoms with E-state index in [4.69, 9.17) is 0 Å². The lowest BCUT2D eigenvalue weighted by Gasteiger charge is -2.21. The number of hydrogen-bond donors (Lipinski definition) is 0. The molecule has 0 fully saturated rings. The van der Waals surface area contributed by atoms with Gasteiger partial charge in [0, 0.05) is 0 Å². The first-order valence-electron chi connectivity index (χ1n) is 15.5. The molecular formula is C45H32. The zero-order valence-electron chi connectivity index (χ0n) is 25.3. The van der Waals surface area contributed by atoms with E-state index in [1.165, 1.54) is 82.0 Å². The molecule has 8 rings (SSSR count). The lowest BCUT2D eigenvalue weighted by molar-refractivity contribution is 1.57. The molecule has 0 nitrogen and oxygen atoms in total. The summed E-state index contributed by atoms with van der Waals surface area (Å²) in [6.45, 7) is 10.8. The van der Waals surface area contributed by atoms with Crippen LogP contribution in [0.1, 0.15) is 16.7 Å². The van der Waals surface area contributed by atoms with Crippen LogP contribution in [0.3, 0.4) is 0 Å². The van der Waals surface area contributed by atoms with Crippen molar-refractivity contribution >= 4 is 55.2 Å². The molecule has 0 bridgehead atoms. The molecule has 0 N–H and O–H groups in total. The highest BCUT2D eigenvalue weighted by Crippen LogP contribution is 2.45. The van der Waals surface area contributed by atoms with Crippen LogP contribution in [0.25, 0.3) is 88.6 Å². The van der Waals surface area contributed by atoms with E-state index in [9.17, 15) is 0 Å². The van der Waals surface area contributed by atoms with Crippen LogP contribution in [-0.4, -0.2) is 0 Å². The minimum atomic E-state index is 1.10. The Labute approximate surface area is 264 Å². The molecule has 0 heteroatoms. The van der Waals surface area contributed by atoms with Crippen molar-refractivity contribution < 1.29 is 0 Å². The molecule has 8 aromatic rings. The van der Waals surface area contributed by atoms with Gasteiger partial charge < -0.3 is 0 Å². The fourth-order valence-electron chi connectivity index (χ4n) is 7.33. The van der Waals surface area contributed by atoms with Crippen molar-refractivity contribution in [1.29, 1.82) is 0 Å². The molecule has 0 saturated carbocycles. The van der Waals surface area contributed by atoms with Gasteiger partial charge in [0.1, 0.15) is 0 Å². The minimum Gasteiger partial charge on any atom is -0.0984 e. The second kappa shape index (κ2) is 10.8. The topological polar surface area (TPSA) is 0 Å². The summed E-state index contributed by atoms with van der Waals surface area (Å²) in [5.74, 6) is 0. The average molecular weight is 573 g/mol. The molecule has 45 heavy (non-hydrogen) atoms. The van der Waals surface area contributed by atoms with E-state index in [1.807, 2.05) is 12.2 Å². The van der Waals surface area contributed by atoms with Crippen molar-refractivity contribution in [1.82, 2.24) is 0 Å². The predicted octanol–water partition coefficient (Wildman–Crippen LogP) is 12.9. The summed E-state index contributed by atoms with van der Waals surface area (Å²) in [4.78, 5) is 0. The summed E-state index contributed by atoms with van der Waals surface area (Å²) in [5.41, 5.74) is 10.8. The molecule has 0 aliphatic rings. The van der Waals surface area contributed by atoms with Crippen molar-refractivity contribution in [3.63, 3.8) is 0 Å². The summed E-state index contributed by atoms with van der Waals surface area (Å²) < 4.78 is 0. The van der Waals surface area contributed by atoms with Crippen LogP contribution in [0.2, 0.25) is 0 Å². The minimum absolute atomic E-state index is 1.10. The first kappa shape index (κ1) is 26.9. The van der Waals surface area contributed by atoms with E-state index < -0.39 is 0 Å². The van der Waals surface area contributed by atoms with Crippen LogP contribution >= 0.6 is 0 Å². The smallest absolute Gasteiger partial charge is 0.00264 e. The van der Waals surface area contributed by atoms with Gasteiger partial charge in [-0.25, -0.2) is 0 Å². The number of hydrogen-bond acceptors (Lipinski definition) is 0. The molecule has 0 heterocycles. The highest BCUT2D eigenvalue weighted by Gasteiger charge is 2.19. The monoisotopic (exact) mass is 572 g/mol. The maximum atomic E-state index is 4.31. The highest BCUT2D eigenvalue weighted by molar-refractivity contribution is 6.16. The van der Waals surface area contributed by atoms with Crippen molar-refractivity contribution in [2.45, 2.75) is 6.92 Å². The van der Waals surface area contributed by atoms with Crippen molar-refractivity contribution in [3.8, 4) is 33.4 Å². The Bertz CT molecular complexity index is 2400. The first-order valence-corrected chi connectivity index (χ1v) is 15.5. The van der Waals surface area contributed by atoms with Crippen LogP contribution in [0.15, 0.2) is 153 Å². The highest BCUT2D eigenvalue weighted by atomic mass is 14.2. The molecule has 8 aromatic carbocycles. The lowest BCUT2D eigenvalue weighted by atomic mass is 9.82. The maximum Gasteiger partial charge on any atom is -0.00264 e. The van der Waals surface area contributed by atoms with E-state index in [1.54, 1.807) is 0 Å². The third kappa shape index (κ3) is 4.22. The molecule has 0 spiro atoms. The fourth-order valence-corrected chi connectivity index (χ4v) is 7.33. The van der Waals surface area contributed by atoms with Gasteiger partial charge >= 0.3 is 0 Å². The van der Waals surface area contributed by atoms with Crippen molar-refractivity contribution in [3.05, 3.63) is 169 Å². The Balaban J connectivity index is 1.36. The van der Waals surface area contributed by atoms with Gasteiger partial charge in [0.25, 0.3) is 0 Å². The van der Waals surface area contributed by atoms with Crippen LogP contribution in [-0.2, 0) is 0 Å². The number of fused-ring (bicyclic) bond motifs is 4. The molecule has 0 aliphatic heterocycles. The Morgan fingerprint density at radius 1 is 0.378 bits per heavy atom. The maximum absolute atomic E-state index is 4.31. The lowest BCUT2D eigenvalue weighted by Crippen LogP contribution is -1.96. The standard InChI is InChI=1S/C45H32/c1-4-35-36(5-2)45(34-27-22-30-14-6-7-15-33(30)28-34)42-21-13-12-20-41(42)43(35)31-23-25-32(26-24-31)44-39-18-10-8-16-37(39)29(3)38-17-9-11-19-40(38)44/h4-28H,1-2H2,3H3. The molecule has 0 unspecified atom stereocenters. The van der Waals surface area contributed by atoms with E-state index in [0.29, 0.717) is 0 Å². The number of aryl methyl sites for hydroxylation is 1. The average Bonchev–Trinajstić information content (AvgIpc) is 3.11. The zero-order valence-corrected chi connectivity index (χ0v) is 25.3. The van der Waals surface area contributed by atoms with Crippen molar-refractivity contribution in [2.24, 2.45) is 0 Å². The number of rotatable bonds is 5. The Kier molecular flexibility index (Phi) is 6.43. The fraction of sp³-hybridized carbons (Fsp3) is 0.0222. The third-order valence-corrected chi connectivity index (χ3v) is 9.40. The number of benzene rings is 8. The van der Waals surface area contributed by atoms with Gasteiger partial charge in [-0.15, -0.1) is 0 Å². The van der Waals surface area contributed by atoms with Crippen LogP contribution in [0.4, 0.5) is 0 Å².